The van der Waals surface area contributed by atoms with Crippen molar-refractivity contribution in [1.29, 1.82) is 0 Å². The van der Waals surface area contributed by atoms with Gasteiger partial charge in [-0.15, -0.1) is 0 Å². The average Bonchev–Trinajstić information content (AvgIpc) is 2.86. The molecule has 0 saturated heterocycles. The molecule has 0 aliphatic heterocycles. The lowest BCUT2D eigenvalue weighted by Crippen LogP contribution is -1.97. The van der Waals surface area contributed by atoms with Gasteiger partial charge in [-0.2, -0.15) is 0 Å². The van der Waals surface area contributed by atoms with Gasteiger partial charge >= 0.3 is 0 Å². The summed E-state index contributed by atoms with van der Waals surface area (Å²) < 4.78 is 1.92. The van der Waals surface area contributed by atoms with Gasteiger partial charge in [0, 0.05) is 29.8 Å². The number of hydrogen-bond acceptors (Lipinski definition) is 4. The van der Waals surface area contributed by atoms with Gasteiger partial charge in [-0.05, 0) is 38.0 Å². The minimum atomic E-state index is 0.616. The number of hydrogen-bond donors (Lipinski definition) is 1. The summed E-state index contributed by atoms with van der Waals surface area (Å²) in [5.41, 5.74) is 9.83. The van der Waals surface area contributed by atoms with Crippen LogP contribution in [0.1, 0.15) is 22.8 Å². The number of pyridine rings is 2. The van der Waals surface area contributed by atoms with Gasteiger partial charge in [-0.1, -0.05) is 5.92 Å². The Kier molecular flexibility index (Phi) is 3.58. The number of nitrogen functional groups attached to an aromatic ring is 1. The van der Waals surface area contributed by atoms with E-state index in [4.69, 9.17) is 5.73 Å². The number of nitrogens with zero attached hydrogens (tertiary/aromatic N) is 4. The Hall–Kier alpha value is -3.13. The van der Waals surface area contributed by atoms with Gasteiger partial charge in [0.2, 0.25) is 0 Å². The predicted molar refractivity (Wildman–Crippen MR) is 85.5 cm³/mol. The molecule has 108 valence electrons. The molecule has 3 aromatic heterocycles. The fourth-order valence-electron chi connectivity index (χ4n) is 2.13. The number of anilines is 1. The van der Waals surface area contributed by atoms with E-state index in [2.05, 4.69) is 26.8 Å². The molecular weight excluding hydrogens is 274 g/mol. The van der Waals surface area contributed by atoms with E-state index in [-0.39, 0.29) is 0 Å². The molecule has 0 aliphatic rings. The highest BCUT2D eigenvalue weighted by atomic mass is 15.1. The van der Waals surface area contributed by atoms with Crippen molar-refractivity contribution in [3.63, 3.8) is 0 Å². The molecule has 3 aromatic rings. The lowest BCUT2D eigenvalue weighted by molar-refractivity contribution is 0.966. The van der Waals surface area contributed by atoms with Crippen molar-refractivity contribution in [3.8, 4) is 17.5 Å². The molecule has 0 saturated carbocycles. The van der Waals surface area contributed by atoms with Crippen molar-refractivity contribution in [2.45, 2.75) is 13.8 Å². The summed E-state index contributed by atoms with van der Waals surface area (Å²) in [5, 5.41) is 0. The Morgan fingerprint density at radius 3 is 2.77 bits per heavy atom. The Balaban J connectivity index is 1.93. The van der Waals surface area contributed by atoms with E-state index in [0.717, 1.165) is 22.8 Å². The maximum atomic E-state index is 5.77. The molecule has 22 heavy (non-hydrogen) atoms. The summed E-state index contributed by atoms with van der Waals surface area (Å²) >= 11 is 0. The van der Waals surface area contributed by atoms with Crippen molar-refractivity contribution < 1.29 is 0 Å². The van der Waals surface area contributed by atoms with Crippen molar-refractivity contribution >= 4 is 5.69 Å². The largest absolute Gasteiger partial charge is 0.397 e. The molecular formula is C17H15N5. The highest BCUT2D eigenvalue weighted by Crippen LogP contribution is 2.13. The van der Waals surface area contributed by atoms with Crippen molar-refractivity contribution in [3.05, 3.63) is 65.8 Å². The highest BCUT2D eigenvalue weighted by Gasteiger charge is 2.05. The Morgan fingerprint density at radius 2 is 2.00 bits per heavy atom. The highest BCUT2D eigenvalue weighted by molar-refractivity contribution is 5.46. The van der Waals surface area contributed by atoms with E-state index in [1.54, 1.807) is 18.6 Å². The maximum Gasteiger partial charge on any atom is 0.132 e. The van der Waals surface area contributed by atoms with E-state index in [1.165, 1.54) is 0 Å². The van der Waals surface area contributed by atoms with Gasteiger partial charge in [0.25, 0.3) is 0 Å². The Bertz CT molecular complexity index is 883. The van der Waals surface area contributed by atoms with Crippen LogP contribution in [0.4, 0.5) is 5.69 Å². The molecule has 0 amide bonds. The quantitative estimate of drug-likeness (QED) is 0.698. The van der Waals surface area contributed by atoms with Crippen LogP contribution in [-0.4, -0.2) is 19.5 Å². The SMILES string of the molecule is Cc1cc(C#Cc2cn(-c3cncc(N)c3)c(C)n2)ccn1. The molecule has 5 nitrogen and oxygen atoms in total. The summed E-state index contributed by atoms with van der Waals surface area (Å²) in [6.45, 7) is 3.86. The lowest BCUT2D eigenvalue weighted by atomic mass is 10.2. The van der Waals surface area contributed by atoms with Gasteiger partial charge in [0.05, 0.1) is 17.6 Å². The Morgan fingerprint density at radius 1 is 1.14 bits per heavy atom. The topological polar surface area (TPSA) is 69.6 Å². The van der Waals surface area contributed by atoms with Crippen LogP contribution in [0.15, 0.2) is 43.0 Å². The molecule has 0 aliphatic carbocycles. The van der Waals surface area contributed by atoms with Crippen molar-refractivity contribution in [2.24, 2.45) is 0 Å². The first kappa shape index (κ1) is 13.8. The van der Waals surface area contributed by atoms with Gasteiger partial charge in [-0.3, -0.25) is 9.97 Å². The van der Waals surface area contributed by atoms with E-state index in [1.807, 2.05) is 42.8 Å². The monoisotopic (exact) mass is 289 g/mol. The molecule has 0 bridgehead atoms. The third-order valence-electron chi connectivity index (χ3n) is 3.14. The van der Waals surface area contributed by atoms with Crippen LogP contribution in [0.25, 0.3) is 5.69 Å². The number of aryl methyl sites for hydroxylation is 2. The van der Waals surface area contributed by atoms with Gasteiger partial charge in [0.15, 0.2) is 0 Å². The van der Waals surface area contributed by atoms with Crippen molar-refractivity contribution in [1.82, 2.24) is 19.5 Å². The number of rotatable bonds is 1. The second kappa shape index (κ2) is 5.70. The zero-order valence-electron chi connectivity index (χ0n) is 12.4. The third-order valence-corrected chi connectivity index (χ3v) is 3.14. The molecule has 0 fully saturated rings. The van der Waals surface area contributed by atoms with Crippen LogP contribution in [0.3, 0.4) is 0 Å². The van der Waals surface area contributed by atoms with E-state index in [0.29, 0.717) is 11.4 Å². The average molecular weight is 289 g/mol. The van der Waals surface area contributed by atoms with Crippen LogP contribution in [0.5, 0.6) is 0 Å². The van der Waals surface area contributed by atoms with Crippen molar-refractivity contribution in [2.75, 3.05) is 5.73 Å². The maximum absolute atomic E-state index is 5.77. The van der Waals surface area contributed by atoms with E-state index >= 15 is 0 Å². The molecule has 0 unspecified atom stereocenters. The predicted octanol–water partition coefficient (Wildman–Crippen LogP) is 2.26. The molecule has 0 radical (unpaired) electrons. The summed E-state index contributed by atoms with van der Waals surface area (Å²) in [6, 6.07) is 5.68. The third kappa shape index (κ3) is 2.96. The smallest absolute Gasteiger partial charge is 0.132 e. The fraction of sp³-hybridized carbons (Fsp3) is 0.118. The lowest BCUT2D eigenvalue weighted by Gasteiger charge is -2.03. The van der Waals surface area contributed by atoms with Crippen LogP contribution in [-0.2, 0) is 0 Å². The fourth-order valence-corrected chi connectivity index (χ4v) is 2.13. The Labute approximate surface area is 128 Å². The first-order valence-electron chi connectivity index (χ1n) is 6.83. The number of imidazole rings is 1. The van der Waals surface area contributed by atoms with E-state index < -0.39 is 0 Å². The molecule has 0 atom stereocenters. The number of nitrogens with two attached hydrogens (primary N) is 1. The standard InChI is InChI=1S/C17H15N5/c1-12-7-14(5-6-20-12)3-4-16-11-22(13(2)21-16)17-8-15(18)9-19-10-17/h5-11H,18H2,1-2H3. The molecule has 5 heteroatoms. The normalized spacial score (nSPS) is 10.1. The first-order valence-corrected chi connectivity index (χ1v) is 6.83. The summed E-state index contributed by atoms with van der Waals surface area (Å²) in [4.78, 5) is 12.7. The molecule has 0 spiro atoms. The number of aromatic nitrogens is 4. The van der Waals surface area contributed by atoms with Crippen LogP contribution < -0.4 is 5.73 Å². The first-order chi connectivity index (χ1) is 10.6. The van der Waals surface area contributed by atoms with Crippen LogP contribution in [0, 0.1) is 25.7 Å². The van der Waals surface area contributed by atoms with Crippen LogP contribution >= 0.6 is 0 Å². The minimum absolute atomic E-state index is 0.616. The molecule has 3 heterocycles. The van der Waals surface area contributed by atoms with Crippen LogP contribution in [0.2, 0.25) is 0 Å². The summed E-state index contributed by atoms with van der Waals surface area (Å²) in [7, 11) is 0. The van der Waals surface area contributed by atoms with Gasteiger partial charge in [-0.25, -0.2) is 4.98 Å². The summed E-state index contributed by atoms with van der Waals surface area (Å²) in [6.07, 6.45) is 6.99. The second-order valence-electron chi connectivity index (χ2n) is 4.96. The molecule has 2 N–H and O–H groups in total. The zero-order valence-corrected chi connectivity index (χ0v) is 12.4. The molecule has 0 aromatic carbocycles. The second-order valence-corrected chi connectivity index (χ2v) is 4.96. The van der Waals surface area contributed by atoms with Gasteiger partial charge in [0.1, 0.15) is 11.5 Å². The van der Waals surface area contributed by atoms with Gasteiger partial charge < -0.3 is 10.3 Å². The minimum Gasteiger partial charge on any atom is -0.397 e. The van der Waals surface area contributed by atoms with E-state index in [9.17, 15) is 0 Å². The zero-order chi connectivity index (χ0) is 15.5. The molecule has 3 rings (SSSR count). The summed E-state index contributed by atoms with van der Waals surface area (Å²) in [5.74, 6) is 7.01.